The lowest BCUT2D eigenvalue weighted by Crippen LogP contribution is -2.35. The summed E-state index contributed by atoms with van der Waals surface area (Å²) in [6, 6.07) is 18.4. The van der Waals surface area contributed by atoms with Crippen molar-refractivity contribution >= 4 is 29.6 Å². The first-order chi connectivity index (χ1) is 16.1. The molecular weight excluding hydrogens is 538 g/mol. The number of hydrogen-bond acceptors (Lipinski definition) is 5. The zero-order valence-corrected chi connectivity index (χ0v) is 20.3. The fourth-order valence-corrected chi connectivity index (χ4v) is 4.84. The van der Waals surface area contributed by atoms with Crippen molar-refractivity contribution in [2.45, 2.75) is 25.7 Å². The lowest BCUT2D eigenvalue weighted by Gasteiger charge is -2.23. The van der Waals surface area contributed by atoms with Crippen LogP contribution >= 0.6 is 23.7 Å². The van der Waals surface area contributed by atoms with Gasteiger partial charge in [-0.3, -0.25) is 4.79 Å². The number of hydrogen-bond donors (Lipinski definition) is 1. The normalized spacial score (nSPS) is 14.0. The van der Waals surface area contributed by atoms with Crippen LogP contribution in [0.3, 0.4) is 0 Å². The van der Waals surface area contributed by atoms with Crippen molar-refractivity contribution in [1.29, 1.82) is 0 Å². The van der Waals surface area contributed by atoms with Gasteiger partial charge in [0, 0.05) is 0 Å². The summed E-state index contributed by atoms with van der Waals surface area (Å²) in [5.41, 5.74) is -0.159. The third kappa shape index (κ3) is 7.35. The predicted molar refractivity (Wildman–Crippen MR) is 123 cm³/mol. The Kier molecular flexibility index (Phi) is 8.41. The van der Waals surface area contributed by atoms with Crippen molar-refractivity contribution in [3.63, 3.8) is 0 Å². The van der Waals surface area contributed by atoms with Crippen LogP contribution in [0.5, 0.6) is 11.5 Å². The van der Waals surface area contributed by atoms with E-state index >= 15 is 0 Å². The van der Waals surface area contributed by atoms with Crippen molar-refractivity contribution in [1.82, 2.24) is 5.09 Å². The van der Waals surface area contributed by atoms with Gasteiger partial charge in [-0.1, -0.05) is 48.5 Å². The van der Waals surface area contributed by atoms with Gasteiger partial charge in [0.05, 0.1) is 10.0 Å². The minimum atomic E-state index is -4.57. The molecule has 0 aromatic heterocycles. The third-order valence-electron chi connectivity index (χ3n) is 4.38. The molecule has 0 aliphatic carbocycles. The molecule has 0 aliphatic rings. The summed E-state index contributed by atoms with van der Waals surface area (Å²) in [6.45, 7) is 1.40. The number of rotatable bonds is 9. The van der Waals surface area contributed by atoms with Gasteiger partial charge in [0.1, 0.15) is 24.1 Å². The summed E-state index contributed by atoms with van der Waals surface area (Å²) in [4.78, 5) is 12.5. The van der Waals surface area contributed by atoms with Gasteiger partial charge in [-0.15, -0.1) is 0 Å². The Balaban J connectivity index is 1.78. The van der Waals surface area contributed by atoms with Crippen LogP contribution < -0.4 is 14.1 Å². The van der Waals surface area contributed by atoms with Crippen LogP contribution in [0.25, 0.3) is 0 Å². The number of benzene rings is 3. The van der Waals surface area contributed by atoms with Crippen LogP contribution in [0.2, 0.25) is 0 Å². The van der Waals surface area contributed by atoms with E-state index in [0.717, 1.165) is 23.8 Å². The summed E-state index contributed by atoms with van der Waals surface area (Å²) in [7, 11) is -4.31. The number of carbonyl (C=O) groups is 1. The Bertz CT molecular complexity index is 1160. The monoisotopic (exact) mass is 557 g/mol. The Morgan fingerprint density at radius 3 is 2.21 bits per heavy atom. The van der Waals surface area contributed by atoms with E-state index in [1.54, 1.807) is 42.5 Å². The van der Waals surface area contributed by atoms with Gasteiger partial charge >= 0.3 is 19.9 Å². The second-order valence-electron chi connectivity index (χ2n) is 7.08. The van der Waals surface area contributed by atoms with E-state index in [1.807, 2.05) is 6.07 Å². The van der Waals surface area contributed by atoms with Gasteiger partial charge in [0.2, 0.25) is 0 Å². The Morgan fingerprint density at radius 2 is 1.62 bits per heavy atom. The molecule has 3 aromatic rings. The van der Waals surface area contributed by atoms with E-state index in [4.69, 9.17) is 13.8 Å². The summed E-state index contributed by atoms with van der Waals surface area (Å²) in [5.74, 6) is -0.744. The van der Waals surface area contributed by atoms with Crippen LogP contribution in [0.15, 0.2) is 83.3 Å². The lowest BCUT2D eigenvalue weighted by molar-refractivity contribution is -0.146. The van der Waals surface area contributed by atoms with Crippen molar-refractivity contribution in [2.24, 2.45) is 0 Å². The highest BCUT2D eigenvalue weighted by Gasteiger charge is 2.36. The minimum Gasteiger partial charge on any atom is -0.460 e. The standard InChI is InChI=1S/C23H20BrF3NO5P/c1-16(22(29)31-15-17-8-4-2-5-9-17)28-34(30,32-19-10-6-3-7-11-19)33-21-13-12-18(14-20(21)24)23(25,26)27/h2-14,16H,15H2,1H3,(H,28,30)/t16-,34?/m0/s1. The summed E-state index contributed by atoms with van der Waals surface area (Å²) >= 11 is 3.00. The molecule has 0 saturated carbocycles. The van der Waals surface area contributed by atoms with Crippen molar-refractivity contribution in [2.75, 3.05) is 0 Å². The molecule has 0 heterocycles. The molecule has 2 atom stereocenters. The van der Waals surface area contributed by atoms with Crippen LogP contribution in [-0.2, 0) is 26.9 Å². The molecule has 6 nitrogen and oxygen atoms in total. The summed E-state index contributed by atoms with van der Waals surface area (Å²) in [6.07, 6.45) is -4.57. The number of nitrogens with one attached hydrogen (secondary N) is 1. The quantitative estimate of drug-likeness (QED) is 0.231. The van der Waals surface area contributed by atoms with E-state index in [9.17, 15) is 22.5 Å². The molecule has 0 bridgehead atoms. The fraction of sp³-hybridized carbons (Fsp3) is 0.174. The Morgan fingerprint density at radius 1 is 1.00 bits per heavy atom. The molecule has 3 rings (SSSR count). The van der Waals surface area contributed by atoms with E-state index < -0.39 is 31.5 Å². The molecule has 3 aromatic carbocycles. The highest BCUT2D eigenvalue weighted by Crippen LogP contribution is 2.48. The van der Waals surface area contributed by atoms with E-state index in [-0.39, 0.29) is 22.6 Å². The molecule has 1 unspecified atom stereocenters. The van der Waals surface area contributed by atoms with E-state index in [2.05, 4.69) is 21.0 Å². The highest BCUT2D eigenvalue weighted by molar-refractivity contribution is 9.10. The number of carbonyl (C=O) groups excluding carboxylic acids is 1. The largest absolute Gasteiger partial charge is 0.513 e. The molecular formula is C23H20BrF3NO5P. The lowest BCUT2D eigenvalue weighted by atomic mass is 10.2. The molecule has 1 N–H and O–H groups in total. The average Bonchev–Trinajstić information content (AvgIpc) is 2.79. The van der Waals surface area contributed by atoms with Crippen LogP contribution in [-0.4, -0.2) is 12.0 Å². The maximum Gasteiger partial charge on any atom is 0.513 e. The minimum absolute atomic E-state index is 0.000840. The first-order valence-electron chi connectivity index (χ1n) is 9.95. The van der Waals surface area contributed by atoms with E-state index in [1.165, 1.54) is 19.1 Å². The molecule has 11 heteroatoms. The number of halogens is 4. The molecule has 0 radical (unpaired) electrons. The zero-order valence-electron chi connectivity index (χ0n) is 17.8. The van der Waals surface area contributed by atoms with Crippen LogP contribution in [0.1, 0.15) is 18.1 Å². The smallest absolute Gasteiger partial charge is 0.460 e. The van der Waals surface area contributed by atoms with Crippen molar-refractivity contribution < 1.29 is 36.3 Å². The maximum atomic E-state index is 13.6. The number of ether oxygens (including phenoxy) is 1. The molecule has 0 amide bonds. The summed E-state index contributed by atoms with van der Waals surface area (Å²) < 4.78 is 68.6. The van der Waals surface area contributed by atoms with E-state index in [0.29, 0.717) is 0 Å². The molecule has 0 saturated heterocycles. The average molecular weight is 558 g/mol. The van der Waals surface area contributed by atoms with Crippen LogP contribution in [0.4, 0.5) is 13.2 Å². The van der Waals surface area contributed by atoms with Gasteiger partial charge in [-0.05, 0) is 58.7 Å². The molecule has 0 aliphatic heterocycles. The molecule has 0 spiro atoms. The molecule has 180 valence electrons. The first-order valence-corrected chi connectivity index (χ1v) is 12.3. The van der Waals surface area contributed by atoms with Gasteiger partial charge < -0.3 is 13.8 Å². The van der Waals surface area contributed by atoms with Gasteiger partial charge in [-0.2, -0.15) is 18.3 Å². The third-order valence-corrected chi connectivity index (χ3v) is 6.59. The van der Waals surface area contributed by atoms with Gasteiger partial charge in [-0.25, -0.2) is 4.57 Å². The van der Waals surface area contributed by atoms with Gasteiger partial charge in [0.25, 0.3) is 0 Å². The Labute approximate surface area is 202 Å². The number of esters is 1. The zero-order chi connectivity index (χ0) is 24.8. The topological polar surface area (TPSA) is 73.9 Å². The molecule has 34 heavy (non-hydrogen) atoms. The maximum absolute atomic E-state index is 13.6. The summed E-state index contributed by atoms with van der Waals surface area (Å²) in [5, 5.41) is 2.49. The Hall–Kier alpha value is -2.81. The second-order valence-corrected chi connectivity index (χ2v) is 9.55. The first kappa shape index (κ1) is 25.8. The van der Waals surface area contributed by atoms with Crippen molar-refractivity contribution in [3.05, 3.63) is 94.5 Å². The fourth-order valence-electron chi connectivity index (χ4n) is 2.72. The predicted octanol–water partition coefficient (Wildman–Crippen LogP) is 6.76. The van der Waals surface area contributed by atoms with Crippen LogP contribution in [0, 0.1) is 0 Å². The second kappa shape index (κ2) is 11.1. The number of para-hydroxylation sites is 1. The highest BCUT2D eigenvalue weighted by atomic mass is 79.9. The molecule has 0 fully saturated rings. The van der Waals surface area contributed by atoms with Gasteiger partial charge in [0.15, 0.2) is 0 Å². The van der Waals surface area contributed by atoms with Crippen molar-refractivity contribution in [3.8, 4) is 11.5 Å². The number of alkyl halides is 3. The SMILES string of the molecule is C[C@H](NP(=O)(Oc1ccccc1)Oc1ccc(C(F)(F)F)cc1Br)C(=O)OCc1ccccc1.